The zero-order chi connectivity index (χ0) is 12.1. The van der Waals surface area contributed by atoms with Gasteiger partial charge in [-0.3, -0.25) is 9.69 Å². The molecule has 0 aliphatic heterocycles. The second-order valence-corrected chi connectivity index (χ2v) is 3.93. The van der Waals surface area contributed by atoms with Gasteiger partial charge in [-0.05, 0) is 20.8 Å². The average Bonchev–Trinajstić information content (AvgIpc) is 1.99. The molecule has 0 spiro atoms. The van der Waals surface area contributed by atoms with E-state index >= 15 is 0 Å². The molecule has 0 bridgehead atoms. The molecule has 0 saturated heterocycles. The fourth-order valence-electron chi connectivity index (χ4n) is 0.785. The van der Waals surface area contributed by atoms with Gasteiger partial charge in [-0.2, -0.15) is 0 Å². The van der Waals surface area contributed by atoms with Crippen molar-refractivity contribution >= 4 is 12.1 Å². The van der Waals surface area contributed by atoms with E-state index in [1.165, 1.54) is 0 Å². The predicted molar refractivity (Wildman–Crippen MR) is 54.3 cm³/mol. The van der Waals surface area contributed by atoms with E-state index in [0.717, 1.165) is 4.90 Å². The minimum atomic E-state index is -1.13. The number of carboxylic acid groups (broad SMARTS) is 1. The minimum Gasteiger partial charge on any atom is -0.480 e. The summed E-state index contributed by atoms with van der Waals surface area (Å²) in [7, 11) is 0. The molecule has 0 unspecified atom stereocenters. The first-order valence-electron chi connectivity index (χ1n) is 4.39. The van der Waals surface area contributed by atoms with Crippen LogP contribution in [0.3, 0.4) is 0 Å². The summed E-state index contributed by atoms with van der Waals surface area (Å²) in [6, 6.07) is 0. The van der Waals surface area contributed by atoms with Crippen LogP contribution in [0.25, 0.3) is 0 Å². The summed E-state index contributed by atoms with van der Waals surface area (Å²) in [6.07, 6.45) is 4.29. The van der Waals surface area contributed by atoms with Crippen LogP contribution < -0.4 is 0 Å². The van der Waals surface area contributed by atoms with Gasteiger partial charge in [0.25, 0.3) is 0 Å². The molecule has 0 fully saturated rings. The largest absolute Gasteiger partial charge is 0.480 e. The average molecular weight is 213 g/mol. The Balaban J connectivity index is 4.43. The van der Waals surface area contributed by atoms with Gasteiger partial charge in [0.1, 0.15) is 12.1 Å². The van der Waals surface area contributed by atoms with E-state index < -0.39 is 24.2 Å². The first kappa shape index (κ1) is 13.3. The SMILES string of the molecule is C#CCN(CC(=O)O)C(=O)OC(C)(C)C. The molecular formula is C10H15NO4. The number of rotatable bonds is 3. The second kappa shape index (κ2) is 5.25. The molecule has 0 aromatic heterocycles. The molecule has 0 aliphatic rings. The van der Waals surface area contributed by atoms with Gasteiger partial charge in [0.2, 0.25) is 0 Å². The fourth-order valence-corrected chi connectivity index (χ4v) is 0.785. The molecule has 84 valence electrons. The number of aliphatic carboxylic acids is 1. The van der Waals surface area contributed by atoms with Crippen LogP contribution in [-0.4, -0.2) is 40.8 Å². The first-order valence-corrected chi connectivity index (χ1v) is 4.39. The van der Waals surface area contributed by atoms with Crippen LogP contribution in [0.2, 0.25) is 0 Å². The molecule has 0 atom stereocenters. The van der Waals surface area contributed by atoms with Gasteiger partial charge < -0.3 is 9.84 Å². The summed E-state index contributed by atoms with van der Waals surface area (Å²) in [5.41, 5.74) is -0.664. The van der Waals surface area contributed by atoms with Crippen LogP contribution in [0.5, 0.6) is 0 Å². The van der Waals surface area contributed by atoms with E-state index in [0.29, 0.717) is 0 Å². The van der Waals surface area contributed by atoms with Crippen molar-refractivity contribution in [2.75, 3.05) is 13.1 Å². The normalized spacial score (nSPS) is 10.3. The molecule has 0 radical (unpaired) electrons. The number of carbonyl (C=O) groups excluding carboxylic acids is 1. The van der Waals surface area contributed by atoms with E-state index in [1.54, 1.807) is 20.8 Å². The zero-order valence-electron chi connectivity index (χ0n) is 9.11. The summed E-state index contributed by atoms with van der Waals surface area (Å²) in [5.74, 6) is 1.07. The van der Waals surface area contributed by atoms with Crippen molar-refractivity contribution < 1.29 is 19.4 Å². The van der Waals surface area contributed by atoms with Crippen molar-refractivity contribution in [3.05, 3.63) is 0 Å². The number of terminal acetylenes is 1. The highest BCUT2D eigenvalue weighted by atomic mass is 16.6. The lowest BCUT2D eigenvalue weighted by atomic mass is 10.2. The van der Waals surface area contributed by atoms with Crippen molar-refractivity contribution in [3.63, 3.8) is 0 Å². The maximum Gasteiger partial charge on any atom is 0.411 e. The summed E-state index contributed by atoms with van der Waals surface area (Å²) in [4.78, 5) is 22.8. The van der Waals surface area contributed by atoms with Gasteiger partial charge in [-0.15, -0.1) is 6.42 Å². The van der Waals surface area contributed by atoms with Crippen LogP contribution in [0.15, 0.2) is 0 Å². The Morgan fingerprint density at radius 3 is 2.33 bits per heavy atom. The molecule has 15 heavy (non-hydrogen) atoms. The van der Waals surface area contributed by atoms with Gasteiger partial charge >= 0.3 is 12.1 Å². The number of carboxylic acids is 1. The van der Waals surface area contributed by atoms with Crippen LogP contribution >= 0.6 is 0 Å². The Morgan fingerprint density at radius 2 is 2.00 bits per heavy atom. The molecule has 0 aromatic carbocycles. The highest BCUT2D eigenvalue weighted by molar-refractivity contribution is 5.77. The van der Waals surface area contributed by atoms with E-state index in [4.69, 9.17) is 16.3 Å². The molecule has 0 saturated carbocycles. The van der Waals surface area contributed by atoms with Gasteiger partial charge in [-0.25, -0.2) is 4.79 Å². The number of amides is 1. The number of carbonyl (C=O) groups is 2. The Labute approximate surface area is 89.0 Å². The lowest BCUT2D eigenvalue weighted by Gasteiger charge is -2.24. The first-order chi connectivity index (χ1) is 6.76. The van der Waals surface area contributed by atoms with Crippen LogP contribution in [0.4, 0.5) is 4.79 Å². The van der Waals surface area contributed by atoms with Gasteiger partial charge in [0.15, 0.2) is 0 Å². The van der Waals surface area contributed by atoms with E-state index in [1.807, 2.05) is 0 Å². The van der Waals surface area contributed by atoms with E-state index in [2.05, 4.69) is 5.92 Å². The van der Waals surface area contributed by atoms with Crippen LogP contribution in [-0.2, 0) is 9.53 Å². The molecule has 1 amide bonds. The molecular weight excluding hydrogens is 198 g/mol. The molecule has 0 heterocycles. The lowest BCUT2D eigenvalue weighted by molar-refractivity contribution is -0.138. The number of ether oxygens (including phenoxy) is 1. The summed E-state index contributed by atoms with van der Waals surface area (Å²) in [6.45, 7) is 4.54. The number of hydrogen-bond acceptors (Lipinski definition) is 3. The Kier molecular flexibility index (Phi) is 4.65. The van der Waals surface area contributed by atoms with Gasteiger partial charge in [0, 0.05) is 0 Å². The molecule has 5 nitrogen and oxygen atoms in total. The Morgan fingerprint density at radius 1 is 1.47 bits per heavy atom. The van der Waals surface area contributed by atoms with Crippen molar-refractivity contribution in [1.82, 2.24) is 4.90 Å². The minimum absolute atomic E-state index is 0.0821. The van der Waals surface area contributed by atoms with E-state index in [-0.39, 0.29) is 6.54 Å². The second-order valence-electron chi connectivity index (χ2n) is 3.93. The Bertz CT molecular complexity index is 285. The van der Waals surface area contributed by atoms with Crippen molar-refractivity contribution in [3.8, 4) is 12.3 Å². The zero-order valence-corrected chi connectivity index (χ0v) is 9.11. The third kappa shape index (κ3) is 6.38. The predicted octanol–water partition coefficient (Wildman–Crippen LogP) is 0.941. The molecule has 0 aliphatic carbocycles. The smallest absolute Gasteiger partial charge is 0.411 e. The third-order valence-electron chi connectivity index (χ3n) is 1.26. The highest BCUT2D eigenvalue weighted by Gasteiger charge is 2.22. The molecule has 0 aromatic rings. The highest BCUT2D eigenvalue weighted by Crippen LogP contribution is 2.09. The third-order valence-corrected chi connectivity index (χ3v) is 1.26. The molecule has 1 N–H and O–H groups in total. The topological polar surface area (TPSA) is 66.8 Å². The van der Waals surface area contributed by atoms with Crippen molar-refractivity contribution in [2.24, 2.45) is 0 Å². The Hall–Kier alpha value is -1.70. The van der Waals surface area contributed by atoms with Crippen molar-refractivity contribution in [2.45, 2.75) is 26.4 Å². The van der Waals surface area contributed by atoms with Crippen LogP contribution in [0.1, 0.15) is 20.8 Å². The molecule has 5 heteroatoms. The van der Waals surface area contributed by atoms with Gasteiger partial charge in [-0.1, -0.05) is 5.92 Å². The summed E-state index contributed by atoms with van der Waals surface area (Å²) in [5, 5.41) is 8.54. The lowest BCUT2D eigenvalue weighted by Crippen LogP contribution is -2.40. The standard InChI is InChI=1S/C10H15NO4/c1-5-6-11(7-8(12)13)9(14)15-10(2,3)4/h1H,6-7H2,2-4H3,(H,12,13). The molecule has 0 rings (SSSR count). The van der Waals surface area contributed by atoms with Crippen LogP contribution in [0, 0.1) is 12.3 Å². The van der Waals surface area contributed by atoms with Crippen molar-refractivity contribution in [1.29, 1.82) is 0 Å². The maximum atomic E-state index is 11.4. The van der Waals surface area contributed by atoms with Gasteiger partial charge in [0.05, 0.1) is 6.54 Å². The van der Waals surface area contributed by atoms with E-state index in [9.17, 15) is 9.59 Å². The number of hydrogen-bond donors (Lipinski definition) is 1. The summed E-state index contributed by atoms with van der Waals surface area (Å²) < 4.78 is 4.98. The maximum absolute atomic E-state index is 11.4. The quantitative estimate of drug-likeness (QED) is 0.708. The number of nitrogens with zero attached hydrogens (tertiary/aromatic N) is 1. The summed E-state index contributed by atoms with van der Waals surface area (Å²) >= 11 is 0. The monoisotopic (exact) mass is 213 g/mol. The fraction of sp³-hybridized carbons (Fsp3) is 0.600.